The summed E-state index contributed by atoms with van der Waals surface area (Å²) in [5.74, 6) is -0.868. The number of rotatable bonds is 6. The van der Waals surface area contributed by atoms with E-state index in [1.807, 2.05) is 41.5 Å². The molecule has 0 amide bonds. The third-order valence-corrected chi connectivity index (χ3v) is 3.77. The van der Waals surface area contributed by atoms with Gasteiger partial charge in [0, 0.05) is 0 Å². The maximum absolute atomic E-state index is 12.2. The molecule has 0 saturated heterocycles. The molecule has 0 fully saturated rings. The first-order valence-corrected chi connectivity index (χ1v) is 7.67. The number of esters is 2. The van der Waals surface area contributed by atoms with E-state index in [0.717, 1.165) is 0 Å². The van der Waals surface area contributed by atoms with E-state index in [0.29, 0.717) is 24.0 Å². The van der Waals surface area contributed by atoms with Crippen molar-refractivity contribution in [2.45, 2.75) is 65.6 Å². The second-order valence-electron chi connectivity index (χ2n) is 6.59. The predicted octanol–water partition coefficient (Wildman–Crippen LogP) is 4.38. The van der Waals surface area contributed by atoms with Gasteiger partial charge in [-0.05, 0) is 58.7 Å². The topological polar surface area (TPSA) is 52.6 Å². The van der Waals surface area contributed by atoms with E-state index in [4.69, 9.17) is 9.47 Å². The second-order valence-corrected chi connectivity index (χ2v) is 6.59. The highest BCUT2D eigenvalue weighted by atomic mass is 16.6. The summed E-state index contributed by atoms with van der Waals surface area (Å²) in [7, 11) is 0. The summed E-state index contributed by atoms with van der Waals surface area (Å²) >= 11 is 0. The highest BCUT2D eigenvalue weighted by Crippen LogP contribution is 2.19. The molecule has 0 aromatic heterocycles. The van der Waals surface area contributed by atoms with Crippen LogP contribution in [0.5, 0.6) is 0 Å². The van der Waals surface area contributed by atoms with Crippen LogP contribution in [-0.4, -0.2) is 23.1 Å². The van der Waals surface area contributed by atoms with Gasteiger partial charge in [0.25, 0.3) is 0 Å². The molecule has 0 N–H and O–H groups in total. The zero-order valence-electron chi connectivity index (χ0n) is 14.4. The number of benzene rings is 1. The van der Waals surface area contributed by atoms with Crippen LogP contribution in [0.25, 0.3) is 0 Å². The van der Waals surface area contributed by atoms with Gasteiger partial charge in [0.05, 0.1) is 11.1 Å². The van der Waals surface area contributed by atoms with Gasteiger partial charge in [-0.25, -0.2) is 9.59 Å². The molecule has 0 atom stereocenters. The smallest absolute Gasteiger partial charge is 0.338 e. The van der Waals surface area contributed by atoms with Crippen molar-refractivity contribution in [3.8, 4) is 0 Å². The molecule has 1 rings (SSSR count). The minimum Gasteiger partial charge on any atom is -0.456 e. The van der Waals surface area contributed by atoms with E-state index in [-0.39, 0.29) is 0 Å². The normalized spacial score (nSPS) is 11.9. The molecule has 1 aromatic rings. The molecule has 0 aliphatic heterocycles. The molecular formula is C18H26O4. The summed E-state index contributed by atoms with van der Waals surface area (Å²) < 4.78 is 10.9. The summed E-state index contributed by atoms with van der Waals surface area (Å²) in [6.45, 7) is 11.3. The highest BCUT2D eigenvalue weighted by Gasteiger charge is 2.24. The fourth-order valence-electron chi connectivity index (χ4n) is 1.54. The van der Waals surface area contributed by atoms with E-state index >= 15 is 0 Å². The lowest BCUT2D eigenvalue weighted by Crippen LogP contribution is -2.28. The van der Waals surface area contributed by atoms with Crippen LogP contribution < -0.4 is 0 Å². The maximum Gasteiger partial charge on any atom is 0.338 e. The van der Waals surface area contributed by atoms with Gasteiger partial charge in [0.1, 0.15) is 11.2 Å². The maximum atomic E-state index is 12.2. The third kappa shape index (κ3) is 5.17. The fourth-order valence-corrected chi connectivity index (χ4v) is 1.54. The third-order valence-electron chi connectivity index (χ3n) is 3.77. The van der Waals surface area contributed by atoms with Crippen LogP contribution in [0.3, 0.4) is 0 Å². The first-order chi connectivity index (χ1) is 10.1. The van der Waals surface area contributed by atoms with Crippen molar-refractivity contribution < 1.29 is 19.1 Å². The van der Waals surface area contributed by atoms with Crippen LogP contribution in [0, 0.1) is 0 Å². The highest BCUT2D eigenvalue weighted by molar-refractivity contribution is 5.95. The first kappa shape index (κ1) is 18.2. The Kier molecular flexibility index (Phi) is 5.75. The summed E-state index contributed by atoms with van der Waals surface area (Å²) in [6, 6.07) is 6.44. The Labute approximate surface area is 132 Å². The summed E-state index contributed by atoms with van der Waals surface area (Å²) in [5, 5.41) is 0. The van der Waals surface area contributed by atoms with Crippen LogP contribution in [0.1, 0.15) is 75.1 Å². The monoisotopic (exact) mass is 306 g/mol. The Hall–Kier alpha value is -1.84. The minimum atomic E-state index is -0.530. The summed E-state index contributed by atoms with van der Waals surface area (Å²) in [6.07, 6.45) is 1.43. The predicted molar refractivity (Wildman–Crippen MR) is 86.0 cm³/mol. The summed E-state index contributed by atoms with van der Waals surface area (Å²) in [4.78, 5) is 24.3. The molecule has 0 saturated carbocycles. The molecule has 0 bridgehead atoms. The fraction of sp³-hybridized carbons (Fsp3) is 0.556. The molecule has 0 aliphatic rings. The second kappa shape index (κ2) is 6.95. The van der Waals surface area contributed by atoms with Crippen LogP contribution in [-0.2, 0) is 9.47 Å². The molecular weight excluding hydrogens is 280 g/mol. The van der Waals surface area contributed by atoms with Crippen LogP contribution in [0.2, 0.25) is 0 Å². The number of carbonyl (C=O) groups excluding carboxylic acids is 2. The Bertz CT molecular complexity index is 499. The number of hydrogen-bond acceptors (Lipinski definition) is 4. The van der Waals surface area contributed by atoms with Gasteiger partial charge < -0.3 is 9.47 Å². The summed E-state index contributed by atoms with van der Waals surface area (Å²) in [5.41, 5.74) is -0.356. The largest absolute Gasteiger partial charge is 0.456 e. The molecule has 0 radical (unpaired) electrons. The Morgan fingerprint density at radius 1 is 0.864 bits per heavy atom. The average molecular weight is 306 g/mol. The molecule has 1 aromatic carbocycles. The van der Waals surface area contributed by atoms with Crippen molar-refractivity contribution in [2.75, 3.05) is 0 Å². The molecule has 122 valence electrons. The van der Waals surface area contributed by atoms with Crippen molar-refractivity contribution in [1.29, 1.82) is 0 Å². The van der Waals surface area contributed by atoms with Crippen molar-refractivity contribution >= 4 is 11.9 Å². The molecule has 0 spiro atoms. The van der Waals surface area contributed by atoms with Crippen LogP contribution >= 0.6 is 0 Å². The Morgan fingerprint density at radius 2 is 1.23 bits per heavy atom. The zero-order chi connectivity index (χ0) is 17.0. The minimum absolute atomic E-state index is 0.352. The van der Waals surface area contributed by atoms with E-state index in [1.54, 1.807) is 18.2 Å². The molecule has 0 aliphatic carbocycles. The Morgan fingerprint density at radius 3 is 1.55 bits per heavy atom. The quantitative estimate of drug-likeness (QED) is 0.732. The van der Waals surface area contributed by atoms with Gasteiger partial charge in [0.2, 0.25) is 0 Å². The van der Waals surface area contributed by atoms with Gasteiger partial charge in [-0.2, -0.15) is 0 Å². The number of hydrogen-bond donors (Lipinski definition) is 0. The van der Waals surface area contributed by atoms with Gasteiger partial charge in [-0.3, -0.25) is 0 Å². The molecule has 0 unspecified atom stereocenters. The van der Waals surface area contributed by atoms with E-state index in [1.165, 1.54) is 6.07 Å². The van der Waals surface area contributed by atoms with Gasteiger partial charge in [-0.1, -0.05) is 19.9 Å². The molecule has 0 heterocycles. The van der Waals surface area contributed by atoms with Crippen molar-refractivity contribution in [3.63, 3.8) is 0 Å². The molecule has 4 heteroatoms. The standard InChI is InChI=1S/C18H26O4/c1-7-17(3,4)21-15(19)13-10-9-11-14(12-13)16(20)22-18(5,6)8-2/h9-12H,7-8H2,1-6H3. The molecule has 4 nitrogen and oxygen atoms in total. The van der Waals surface area contributed by atoms with Gasteiger partial charge >= 0.3 is 11.9 Å². The van der Waals surface area contributed by atoms with Gasteiger partial charge in [0.15, 0.2) is 0 Å². The van der Waals surface area contributed by atoms with Crippen molar-refractivity contribution in [1.82, 2.24) is 0 Å². The van der Waals surface area contributed by atoms with E-state index in [9.17, 15) is 9.59 Å². The van der Waals surface area contributed by atoms with E-state index in [2.05, 4.69) is 0 Å². The molecule has 22 heavy (non-hydrogen) atoms. The SMILES string of the molecule is CCC(C)(C)OC(=O)c1cccc(C(=O)OC(C)(C)CC)c1. The lowest BCUT2D eigenvalue weighted by Gasteiger charge is -2.24. The van der Waals surface area contributed by atoms with E-state index < -0.39 is 23.1 Å². The number of ether oxygens (including phenoxy) is 2. The first-order valence-electron chi connectivity index (χ1n) is 7.67. The lowest BCUT2D eigenvalue weighted by atomic mass is 10.1. The Balaban J connectivity index is 2.90. The zero-order valence-corrected chi connectivity index (χ0v) is 14.4. The van der Waals surface area contributed by atoms with Crippen molar-refractivity contribution in [3.05, 3.63) is 35.4 Å². The van der Waals surface area contributed by atoms with Gasteiger partial charge in [-0.15, -0.1) is 0 Å². The van der Waals surface area contributed by atoms with Crippen LogP contribution in [0.15, 0.2) is 24.3 Å². The number of carbonyl (C=O) groups is 2. The van der Waals surface area contributed by atoms with Crippen molar-refractivity contribution in [2.24, 2.45) is 0 Å². The van der Waals surface area contributed by atoms with Crippen LogP contribution in [0.4, 0.5) is 0 Å². The lowest BCUT2D eigenvalue weighted by molar-refractivity contribution is -0.00253. The average Bonchev–Trinajstić information content (AvgIpc) is 2.46.